The third-order valence-corrected chi connectivity index (χ3v) is 4.00. The molecule has 0 spiro atoms. The van der Waals surface area contributed by atoms with Crippen LogP contribution < -0.4 is 0 Å². The average molecular weight is 282 g/mol. The van der Waals surface area contributed by atoms with E-state index in [9.17, 15) is 0 Å². The number of unbranched alkanes of at least 4 members (excludes halogenated alkanes) is 1. The maximum atomic E-state index is 5.92. The summed E-state index contributed by atoms with van der Waals surface area (Å²) < 4.78 is 0. The Labute approximate surface area is 124 Å². The van der Waals surface area contributed by atoms with Gasteiger partial charge in [-0.25, -0.2) is 0 Å². The average Bonchev–Trinajstić information content (AvgIpc) is 2.46. The van der Waals surface area contributed by atoms with Crippen LogP contribution in [0.2, 0.25) is 0 Å². The summed E-state index contributed by atoms with van der Waals surface area (Å²) in [6.45, 7) is 6.77. The highest BCUT2D eigenvalue weighted by molar-refractivity contribution is 6.18. The van der Waals surface area contributed by atoms with Gasteiger partial charge in [0.25, 0.3) is 0 Å². The van der Waals surface area contributed by atoms with Gasteiger partial charge in [0, 0.05) is 18.5 Å². The van der Waals surface area contributed by atoms with Gasteiger partial charge in [-0.3, -0.25) is 4.90 Å². The van der Waals surface area contributed by atoms with Gasteiger partial charge in [0.2, 0.25) is 0 Å². The molecule has 1 nitrogen and oxygen atoms in total. The van der Waals surface area contributed by atoms with Gasteiger partial charge in [0.15, 0.2) is 0 Å². The number of halogens is 1. The molecule has 0 fully saturated rings. The molecule has 2 heteroatoms. The summed E-state index contributed by atoms with van der Waals surface area (Å²) in [5, 5.41) is 0. The first-order valence-corrected chi connectivity index (χ1v) is 8.19. The number of hydrogen-bond donors (Lipinski definition) is 0. The summed E-state index contributed by atoms with van der Waals surface area (Å²) in [7, 11) is 0. The Bertz CT molecular complexity index is 308. The summed E-state index contributed by atoms with van der Waals surface area (Å²) in [5.74, 6) is 0.745. The van der Waals surface area contributed by atoms with Crippen LogP contribution in [-0.4, -0.2) is 29.9 Å². The van der Waals surface area contributed by atoms with Gasteiger partial charge in [0.1, 0.15) is 0 Å². The Kier molecular flexibility index (Phi) is 8.94. The quantitative estimate of drug-likeness (QED) is 0.442. The fraction of sp³-hybridized carbons (Fsp3) is 0.647. The van der Waals surface area contributed by atoms with Crippen LogP contribution in [0.15, 0.2) is 30.3 Å². The molecule has 1 rings (SSSR count). The Morgan fingerprint density at radius 3 is 2.26 bits per heavy atom. The van der Waals surface area contributed by atoms with Gasteiger partial charge in [0.05, 0.1) is 0 Å². The van der Waals surface area contributed by atoms with Crippen molar-refractivity contribution in [2.24, 2.45) is 0 Å². The van der Waals surface area contributed by atoms with Crippen molar-refractivity contribution in [1.82, 2.24) is 4.90 Å². The molecular weight excluding hydrogens is 254 g/mol. The first-order chi connectivity index (χ1) is 9.31. The molecule has 0 aromatic heterocycles. The van der Waals surface area contributed by atoms with Crippen molar-refractivity contribution in [2.45, 2.75) is 52.0 Å². The molecule has 0 saturated heterocycles. The smallest absolute Gasteiger partial charge is 0.0351 e. The summed E-state index contributed by atoms with van der Waals surface area (Å²) in [6, 6.07) is 11.5. The molecule has 0 atom stereocenters. The maximum absolute atomic E-state index is 5.92. The molecule has 0 aliphatic carbocycles. The fourth-order valence-corrected chi connectivity index (χ4v) is 2.90. The van der Waals surface area contributed by atoms with E-state index >= 15 is 0 Å². The first-order valence-electron chi connectivity index (χ1n) is 7.65. The zero-order valence-electron chi connectivity index (χ0n) is 12.4. The van der Waals surface area contributed by atoms with Crippen molar-refractivity contribution in [1.29, 1.82) is 0 Å². The predicted octanol–water partition coefficient (Wildman–Crippen LogP) is 4.74. The van der Waals surface area contributed by atoms with Crippen molar-refractivity contribution in [3.05, 3.63) is 35.9 Å². The largest absolute Gasteiger partial charge is 0.299 e. The molecule has 0 amide bonds. The Morgan fingerprint density at radius 2 is 1.68 bits per heavy atom. The molecule has 108 valence electrons. The first kappa shape index (κ1) is 16.5. The summed E-state index contributed by atoms with van der Waals surface area (Å²) in [6.07, 6.45) is 6.18. The normalized spacial score (nSPS) is 11.4. The van der Waals surface area contributed by atoms with Crippen LogP contribution in [0.5, 0.6) is 0 Å². The van der Waals surface area contributed by atoms with Crippen LogP contribution in [-0.2, 0) is 6.42 Å². The van der Waals surface area contributed by atoms with Crippen LogP contribution >= 0.6 is 11.6 Å². The van der Waals surface area contributed by atoms with E-state index in [1.54, 1.807) is 0 Å². The van der Waals surface area contributed by atoms with Gasteiger partial charge in [-0.15, -0.1) is 11.6 Å². The minimum Gasteiger partial charge on any atom is -0.299 e. The lowest BCUT2D eigenvalue weighted by Crippen LogP contribution is -2.36. The second-order valence-electron chi connectivity index (χ2n) is 5.14. The van der Waals surface area contributed by atoms with E-state index in [1.807, 2.05) is 0 Å². The van der Waals surface area contributed by atoms with Crippen molar-refractivity contribution in [3.63, 3.8) is 0 Å². The van der Waals surface area contributed by atoms with Crippen molar-refractivity contribution in [2.75, 3.05) is 19.0 Å². The molecular formula is C17H28ClN. The monoisotopic (exact) mass is 281 g/mol. The second kappa shape index (κ2) is 10.3. The third-order valence-electron chi connectivity index (χ3n) is 3.83. The van der Waals surface area contributed by atoms with Crippen LogP contribution in [0.1, 0.15) is 45.1 Å². The lowest BCUT2D eigenvalue weighted by Gasteiger charge is -2.29. The van der Waals surface area contributed by atoms with Crippen LogP contribution in [0, 0.1) is 0 Å². The summed E-state index contributed by atoms with van der Waals surface area (Å²) >= 11 is 5.92. The Morgan fingerprint density at radius 1 is 1.00 bits per heavy atom. The fourth-order valence-electron chi connectivity index (χ4n) is 2.68. The number of benzene rings is 1. The standard InChI is InChI=1S/C17H28ClN/c1-3-17(4-2)19(15-13-18)14-9-8-12-16-10-6-5-7-11-16/h5-7,10-11,17H,3-4,8-9,12-15H2,1-2H3. The minimum atomic E-state index is 0.704. The van der Waals surface area contributed by atoms with Gasteiger partial charge in [-0.05, 0) is 44.2 Å². The van der Waals surface area contributed by atoms with E-state index in [-0.39, 0.29) is 0 Å². The van der Waals surface area contributed by atoms with Crippen LogP contribution in [0.4, 0.5) is 0 Å². The molecule has 0 aliphatic rings. The third kappa shape index (κ3) is 6.44. The highest BCUT2D eigenvalue weighted by Crippen LogP contribution is 2.11. The van der Waals surface area contributed by atoms with E-state index in [1.165, 1.54) is 44.2 Å². The molecule has 19 heavy (non-hydrogen) atoms. The zero-order chi connectivity index (χ0) is 13.9. The van der Waals surface area contributed by atoms with Gasteiger partial charge in [-0.1, -0.05) is 44.2 Å². The van der Waals surface area contributed by atoms with Gasteiger partial charge < -0.3 is 0 Å². The molecule has 0 saturated carbocycles. The predicted molar refractivity (Wildman–Crippen MR) is 86.0 cm³/mol. The second-order valence-corrected chi connectivity index (χ2v) is 5.52. The summed E-state index contributed by atoms with van der Waals surface area (Å²) in [5.41, 5.74) is 1.45. The number of alkyl halides is 1. The summed E-state index contributed by atoms with van der Waals surface area (Å²) in [4.78, 5) is 2.57. The van der Waals surface area contributed by atoms with Crippen LogP contribution in [0.3, 0.4) is 0 Å². The lowest BCUT2D eigenvalue weighted by molar-refractivity contribution is 0.193. The number of nitrogens with zero attached hydrogens (tertiary/aromatic N) is 1. The molecule has 1 aromatic carbocycles. The molecule has 0 N–H and O–H groups in total. The van der Waals surface area contributed by atoms with E-state index < -0.39 is 0 Å². The molecule has 1 aromatic rings. The molecule has 0 radical (unpaired) electrons. The molecule has 0 heterocycles. The van der Waals surface area contributed by atoms with Gasteiger partial charge in [-0.2, -0.15) is 0 Å². The zero-order valence-corrected chi connectivity index (χ0v) is 13.2. The van der Waals surface area contributed by atoms with Crippen molar-refractivity contribution >= 4 is 11.6 Å². The van der Waals surface area contributed by atoms with Crippen molar-refractivity contribution in [3.8, 4) is 0 Å². The van der Waals surface area contributed by atoms with Gasteiger partial charge >= 0.3 is 0 Å². The SMILES string of the molecule is CCC(CC)N(CCCl)CCCCc1ccccc1. The maximum Gasteiger partial charge on any atom is 0.0351 e. The number of hydrogen-bond acceptors (Lipinski definition) is 1. The van der Waals surface area contributed by atoms with E-state index in [4.69, 9.17) is 11.6 Å². The van der Waals surface area contributed by atoms with Crippen LogP contribution in [0.25, 0.3) is 0 Å². The van der Waals surface area contributed by atoms with E-state index in [2.05, 4.69) is 49.1 Å². The Hall–Kier alpha value is -0.530. The highest BCUT2D eigenvalue weighted by Gasteiger charge is 2.13. The van der Waals surface area contributed by atoms with Crippen molar-refractivity contribution < 1.29 is 0 Å². The van der Waals surface area contributed by atoms with E-state index in [0.29, 0.717) is 6.04 Å². The highest BCUT2D eigenvalue weighted by atomic mass is 35.5. The Balaban J connectivity index is 2.28. The number of aryl methyl sites for hydroxylation is 1. The van der Waals surface area contributed by atoms with E-state index in [0.717, 1.165) is 12.4 Å². The lowest BCUT2D eigenvalue weighted by atomic mass is 10.1. The topological polar surface area (TPSA) is 3.24 Å². The molecule has 0 bridgehead atoms. The number of rotatable bonds is 10. The molecule has 0 aliphatic heterocycles. The molecule has 0 unspecified atom stereocenters. The minimum absolute atomic E-state index is 0.704.